The predicted molar refractivity (Wildman–Crippen MR) is 95.6 cm³/mol. The Bertz CT molecular complexity index is 977. The van der Waals surface area contributed by atoms with Crippen molar-refractivity contribution in [2.75, 3.05) is 0 Å². The molecule has 3 nitrogen and oxygen atoms in total. The molecule has 1 aliphatic heterocycles. The van der Waals surface area contributed by atoms with E-state index in [1.165, 1.54) is 59.0 Å². The molecule has 5 rings (SSSR count). The summed E-state index contributed by atoms with van der Waals surface area (Å²) in [5, 5.41) is 1.25. The van der Waals surface area contributed by atoms with Crippen LogP contribution in [0.2, 0.25) is 0 Å². The van der Waals surface area contributed by atoms with Crippen molar-refractivity contribution in [1.82, 2.24) is 4.57 Å². The highest BCUT2D eigenvalue weighted by atomic mass is 16.5. The van der Waals surface area contributed by atoms with E-state index in [9.17, 15) is 0 Å². The molecule has 0 amide bonds. The fourth-order valence-corrected chi connectivity index (χ4v) is 4.64. The van der Waals surface area contributed by atoms with E-state index in [0.29, 0.717) is 5.92 Å². The Morgan fingerprint density at radius 3 is 2.75 bits per heavy atom. The number of aryl methyl sites for hydroxylation is 3. The minimum Gasteiger partial charge on any atom is -0.448 e. The zero-order valence-electron chi connectivity index (χ0n) is 14.6. The Kier molecular flexibility index (Phi) is 2.85. The van der Waals surface area contributed by atoms with Crippen LogP contribution in [0, 0.1) is 6.92 Å². The third-order valence-corrected chi connectivity index (χ3v) is 5.88. The first kappa shape index (κ1) is 14.1. The van der Waals surface area contributed by atoms with Crippen molar-refractivity contribution in [3.63, 3.8) is 0 Å². The number of fused-ring (bicyclic) bond motifs is 2. The Hall–Kier alpha value is -2.29. The molecule has 0 bridgehead atoms. The fourth-order valence-electron chi connectivity index (χ4n) is 4.64. The van der Waals surface area contributed by atoms with E-state index in [2.05, 4.69) is 60.7 Å². The molecule has 0 N–H and O–H groups in total. The van der Waals surface area contributed by atoms with Crippen LogP contribution in [0.15, 0.2) is 30.6 Å². The molecule has 1 fully saturated rings. The monoisotopic (exact) mass is 319 g/mol. The summed E-state index contributed by atoms with van der Waals surface area (Å²) in [6, 6.07) is 6.71. The van der Waals surface area contributed by atoms with Gasteiger partial charge >= 0.3 is 0 Å². The van der Waals surface area contributed by atoms with E-state index in [0.717, 1.165) is 11.5 Å². The van der Waals surface area contributed by atoms with E-state index in [1.807, 2.05) is 0 Å². The topological polar surface area (TPSA) is 18.0 Å². The molecule has 3 aromatic rings. The summed E-state index contributed by atoms with van der Waals surface area (Å²) in [6.07, 6.45) is 9.59. The van der Waals surface area contributed by atoms with Gasteiger partial charge in [-0.25, -0.2) is 0 Å². The number of rotatable bonds is 1. The second-order valence-corrected chi connectivity index (χ2v) is 7.40. The first-order valence-corrected chi connectivity index (χ1v) is 8.94. The van der Waals surface area contributed by atoms with Gasteiger partial charge in [-0.1, -0.05) is 18.9 Å². The number of benzene rings is 1. The fraction of sp³-hybridized carbons (Fsp3) is 0.381. The molecule has 0 atom stereocenters. The smallest absolute Gasteiger partial charge is 0.256 e. The molecule has 3 heteroatoms. The van der Waals surface area contributed by atoms with Crippen LogP contribution < -0.4 is 9.30 Å². The van der Waals surface area contributed by atoms with Crippen molar-refractivity contribution < 1.29 is 9.30 Å². The van der Waals surface area contributed by atoms with Crippen LogP contribution in [-0.2, 0) is 14.1 Å². The highest BCUT2D eigenvalue weighted by Gasteiger charge is 2.34. The van der Waals surface area contributed by atoms with E-state index < -0.39 is 0 Å². The lowest BCUT2D eigenvalue weighted by Crippen LogP contribution is -2.32. The van der Waals surface area contributed by atoms with E-state index in [4.69, 9.17) is 4.74 Å². The molecule has 0 radical (unpaired) electrons. The maximum absolute atomic E-state index is 6.51. The predicted octanol–water partition coefficient (Wildman–Crippen LogP) is 4.74. The zero-order valence-corrected chi connectivity index (χ0v) is 14.6. The number of aromatic nitrogens is 2. The van der Waals surface area contributed by atoms with Crippen LogP contribution in [0.4, 0.5) is 0 Å². The molecule has 122 valence electrons. The molecule has 2 aliphatic rings. The summed E-state index contributed by atoms with van der Waals surface area (Å²) in [6.45, 7) is 2.21. The summed E-state index contributed by atoms with van der Waals surface area (Å²) >= 11 is 0. The van der Waals surface area contributed by atoms with Crippen molar-refractivity contribution in [3.05, 3.63) is 41.7 Å². The Balaban J connectivity index is 1.86. The summed E-state index contributed by atoms with van der Waals surface area (Å²) in [4.78, 5) is 0. The second kappa shape index (κ2) is 4.85. The first-order chi connectivity index (χ1) is 11.6. The normalized spacial score (nSPS) is 16.5. The lowest BCUT2D eigenvalue weighted by molar-refractivity contribution is -0.660. The molecular weight excluding hydrogens is 296 g/mol. The minimum atomic E-state index is 0.643. The van der Waals surface area contributed by atoms with Gasteiger partial charge in [0.2, 0.25) is 5.75 Å². The molecule has 24 heavy (non-hydrogen) atoms. The number of ether oxygens (including phenoxy) is 1. The number of hydrogen-bond donors (Lipinski definition) is 0. The Labute approximate surface area is 142 Å². The van der Waals surface area contributed by atoms with Crippen LogP contribution in [0.3, 0.4) is 0 Å². The lowest BCUT2D eigenvalue weighted by atomic mass is 9.91. The molecule has 1 aliphatic carbocycles. The number of hydrogen-bond acceptors (Lipinski definition) is 1. The van der Waals surface area contributed by atoms with Gasteiger partial charge in [-0.15, -0.1) is 0 Å². The lowest BCUT2D eigenvalue weighted by Gasteiger charge is -2.21. The Morgan fingerprint density at radius 2 is 1.96 bits per heavy atom. The second-order valence-electron chi connectivity index (χ2n) is 7.40. The number of nitrogens with zero attached hydrogens (tertiary/aromatic N) is 2. The van der Waals surface area contributed by atoms with E-state index in [1.54, 1.807) is 0 Å². The summed E-state index contributed by atoms with van der Waals surface area (Å²) in [5.41, 5.74) is 6.53. The van der Waals surface area contributed by atoms with E-state index >= 15 is 0 Å². The maximum Gasteiger partial charge on any atom is 0.256 e. The quantitative estimate of drug-likeness (QED) is 0.463. The van der Waals surface area contributed by atoms with Gasteiger partial charge in [-0.3, -0.25) is 0 Å². The standard InChI is InChI=1S/C21H23N2O/c1-13-8-9-16-19-17(12-23(16)3)24-21-15(14-6-4-5-7-14)10-11-22(2)20(21)18(13)19/h8-12,14H,4-7H2,1-3H3/q+1. The van der Waals surface area contributed by atoms with Crippen molar-refractivity contribution in [2.45, 2.75) is 38.5 Å². The van der Waals surface area contributed by atoms with Gasteiger partial charge in [-0.05, 0) is 37.3 Å². The van der Waals surface area contributed by atoms with Crippen molar-refractivity contribution >= 4 is 10.9 Å². The zero-order chi connectivity index (χ0) is 16.4. The van der Waals surface area contributed by atoms with Crippen LogP contribution in [0.1, 0.15) is 42.7 Å². The van der Waals surface area contributed by atoms with Crippen molar-refractivity contribution in [3.8, 4) is 22.8 Å². The van der Waals surface area contributed by atoms with Gasteiger partial charge in [0.05, 0.1) is 16.5 Å². The summed E-state index contributed by atoms with van der Waals surface area (Å²) < 4.78 is 10.9. The van der Waals surface area contributed by atoms with Gasteiger partial charge in [0.25, 0.3) is 5.69 Å². The Morgan fingerprint density at radius 1 is 1.17 bits per heavy atom. The van der Waals surface area contributed by atoms with Crippen LogP contribution in [0.25, 0.3) is 22.2 Å². The van der Waals surface area contributed by atoms with Gasteiger partial charge < -0.3 is 9.30 Å². The van der Waals surface area contributed by atoms with Crippen molar-refractivity contribution in [2.24, 2.45) is 14.1 Å². The molecular formula is C21H23N2O+. The average Bonchev–Trinajstić information content (AvgIpc) is 3.19. The largest absolute Gasteiger partial charge is 0.448 e. The molecule has 3 heterocycles. The molecule has 1 aromatic carbocycles. The third-order valence-electron chi connectivity index (χ3n) is 5.88. The summed E-state index contributed by atoms with van der Waals surface area (Å²) in [7, 11) is 4.23. The molecule has 1 saturated carbocycles. The maximum atomic E-state index is 6.51. The van der Waals surface area contributed by atoms with E-state index in [-0.39, 0.29) is 0 Å². The van der Waals surface area contributed by atoms with Crippen LogP contribution >= 0.6 is 0 Å². The van der Waals surface area contributed by atoms with Gasteiger partial charge in [0, 0.05) is 24.9 Å². The highest BCUT2D eigenvalue weighted by Crippen LogP contribution is 2.51. The highest BCUT2D eigenvalue weighted by molar-refractivity contribution is 6.03. The summed E-state index contributed by atoms with van der Waals surface area (Å²) in [5.74, 6) is 2.73. The van der Waals surface area contributed by atoms with Gasteiger partial charge in [-0.2, -0.15) is 4.57 Å². The molecule has 0 unspecified atom stereocenters. The molecule has 0 saturated heterocycles. The number of pyridine rings is 1. The SMILES string of the molecule is Cc1ccc2c3c(cn2C)Oc2c(C4CCCC4)cc[n+](C)c2-c13. The first-order valence-electron chi connectivity index (χ1n) is 8.94. The molecule has 0 spiro atoms. The van der Waals surface area contributed by atoms with Crippen molar-refractivity contribution in [1.29, 1.82) is 0 Å². The molecule has 2 aromatic heterocycles. The third kappa shape index (κ3) is 1.75. The average molecular weight is 319 g/mol. The van der Waals surface area contributed by atoms with Gasteiger partial charge in [0.15, 0.2) is 11.9 Å². The minimum absolute atomic E-state index is 0.643. The van der Waals surface area contributed by atoms with Gasteiger partial charge in [0.1, 0.15) is 7.05 Å². The van der Waals surface area contributed by atoms with Crippen LogP contribution in [0.5, 0.6) is 11.5 Å². The van der Waals surface area contributed by atoms with Crippen LogP contribution in [-0.4, -0.2) is 4.57 Å².